The molecule has 0 bridgehead atoms. The van der Waals surface area contributed by atoms with Crippen molar-refractivity contribution in [1.82, 2.24) is 10.6 Å². The lowest BCUT2D eigenvalue weighted by atomic mass is 10.0. The van der Waals surface area contributed by atoms with Crippen LogP contribution in [0.1, 0.15) is 45.7 Å². The van der Waals surface area contributed by atoms with Gasteiger partial charge in [-0.05, 0) is 32.3 Å². The molecule has 2 atom stereocenters. The maximum atomic E-state index is 13.8. The van der Waals surface area contributed by atoms with Crippen LogP contribution in [0.2, 0.25) is 0 Å². The van der Waals surface area contributed by atoms with Crippen molar-refractivity contribution in [2.45, 2.75) is 46.3 Å². The molecule has 0 spiro atoms. The van der Waals surface area contributed by atoms with Gasteiger partial charge in [0.25, 0.3) is 0 Å². The van der Waals surface area contributed by atoms with Crippen molar-refractivity contribution in [3.8, 4) is 0 Å². The van der Waals surface area contributed by atoms with Crippen molar-refractivity contribution in [3.05, 3.63) is 35.4 Å². The van der Waals surface area contributed by atoms with Crippen molar-refractivity contribution in [3.63, 3.8) is 0 Å². The molecule has 0 radical (unpaired) electrons. The Hall–Kier alpha value is -0.960. The van der Waals surface area contributed by atoms with E-state index in [1.807, 2.05) is 6.92 Å². The maximum absolute atomic E-state index is 13.8. The average molecular weight is 469 g/mol. The van der Waals surface area contributed by atoms with Gasteiger partial charge in [-0.2, -0.15) is 0 Å². The van der Waals surface area contributed by atoms with Crippen molar-refractivity contribution >= 4 is 29.9 Å². The summed E-state index contributed by atoms with van der Waals surface area (Å²) in [6.07, 6.45) is 1.04. The molecule has 0 aromatic heterocycles. The monoisotopic (exact) mass is 469 g/mol. The van der Waals surface area contributed by atoms with Gasteiger partial charge in [-0.15, -0.1) is 24.0 Å². The Balaban J connectivity index is 0.00000576. The fraction of sp³-hybridized carbons (Fsp3) is 0.611. The van der Waals surface area contributed by atoms with Crippen LogP contribution in [0.5, 0.6) is 0 Å². The first kappa shape index (κ1) is 24.0. The molecule has 2 unspecified atom stereocenters. The van der Waals surface area contributed by atoms with E-state index < -0.39 is 11.6 Å². The van der Waals surface area contributed by atoms with Crippen LogP contribution in [-0.2, 0) is 4.74 Å². The summed E-state index contributed by atoms with van der Waals surface area (Å²) >= 11 is 0. The van der Waals surface area contributed by atoms with E-state index in [2.05, 4.69) is 29.5 Å². The Labute approximate surface area is 166 Å². The van der Waals surface area contributed by atoms with Crippen molar-refractivity contribution in [2.24, 2.45) is 10.9 Å². The first-order valence-electron chi connectivity index (χ1n) is 8.42. The number of benzene rings is 1. The average Bonchev–Trinajstić information content (AvgIpc) is 2.52. The zero-order valence-corrected chi connectivity index (χ0v) is 17.9. The molecule has 1 aromatic rings. The Kier molecular flexibility index (Phi) is 11.9. The summed E-state index contributed by atoms with van der Waals surface area (Å²) in [5.74, 6) is -0.137. The van der Waals surface area contributed by atoms with Crippen molar-refractivity contribution in [1.29, 1.82) is 0 Å². The van der Waals surface area contributed by atoms with Gasteiger partial charge in [0.15, 0.2) is 5.96 Å². The van der Waals surface area contributed by atoms with Gasteiger partial charge >= 0.3 is 0 Å². The number of hydrogen-bond acceptors (Lipinski definition) is 2. The topological polar surface area (TPSA) is 45.6 Å². The van der Waals surface area contributed by atoms with Crippen LogP contribution in [0.15, 0.2) is 23.2 Å². The van der Waals surface area contributed by atoms with Gasteiger partial charge < -0.3 is 15.4 Å². The van der Waals surface area contributed by atoms with Gasteiger partial charge in [0, 0.05) is 31.8 Å². The first-order chi connectivity index (χ1) is 11.4. The zero-order chi connectivity index (χ0) is 18.1. The van der Waals surface area contributed by atoms with E-state index in [9.17, 15) is 8.78 Å². The third kappa shape index (κ3) is 8.31. The number of guanidine groups is 1. The fourth-order valence-electron chi connectivity index (χ4n) is 2.49. The summed E-state index contributed by atoms with van der Waals surface area (Å²) in [6.45, 7) is 9.44. The second-order valence-electron chi connectivity index (χ2n) is 6.06. The van der Waals surface area contributed by atoms with E-state index >= 15 is 0 Å². The normalized spacial score (nSPS) is 14.0. The molecule has 0 saturated carbocycles. The van der Waals surface area contributed by atoms with E-state index in [4.69, 9.17) is 4.74 Å². The molecule has 0 aliphatic heterocycles. The lowest BCUT2D eigenvalue weighted by molar-refractivity contribution is 0.0258. The Morgan fingerprint density at radius 3 is 2.44 bits per heavy atom. The molecule has 0 saturated heterocycles. The van der Waals surface area contributed by atoms with E-state index in [1.54, 1.807) is 14.0 Å². The van der Waals surface area contributed by atoms with Gasteiger partial charge in [-0.3, -0.25) is 4.99 Å². The smallest absolute Gasteiger partial charge is 0.191 e. The first-order valence-corrected chi connectivity index (χ1v) is 8.42. The number of halogens is 3. The summed E-state index contributed by atoms with van der Waals surface area (Å²) in [6, 6.07) is 3.25. The Morgan fingerprint density at radius 2 is 1.92 bits per heavy atom. The number of nitrogens with one attached hydrogen (secondary N) is 2. The molecule has 144 valence electrons. The third-order valence-corrected chi connectivity index (χ3v) is 3.85. The van der Waals surface area contributed by atoms with Crippen LogP contribution in [0.4, 0.5) is 8.78 Å². The lowest BCUT2D eigenvalue weighted by Crippen LogP contribution is -2.40. The number of ether oxygens (including phenoxy) is 1. The van der Waals surface area contributed by atoms with Crippen LogP contribution >= 0.6 is 24.0 Å². The molecule has 0 fully saturated rings. The summed E-state index contributed by atoms with van der Waals surface area (Å²) in [7, 11) is 1.66. The molecule has 0 amide bonds. The SMILES string of the molecule is CCOC(CCNC(=NC)NC(C)c1ccc(F)cc1F)C(C)C.I. The van der Waals surface area contributed by atoms with Gasteiger partial charge in [0.2, 0.25) is 0 Å². The van der Waals surface area contributed by atoms with Crippen molar-refractivity contribution in [2.75, 3.05) is 20.2 Å². The standard InChI is InChI=1S/C18H29F2N3O.HI/c1-6-24-17(12(2)3)9-10-22-18(21-5)23-13(4)15-8-7-14(19)11-16(15)20;/h7-8,11-13,17H,6,9-10H2,1-5H3,(H2,21,22,23);1H. The van der Waals surface area contributed by atoms with E-state index in [-0.39, 0.29) is 36.1 Å². The number of hydrogen-bond donors (Lipinski definition) is 2. The Bertz CT molecular complexity index is 541. The van der Waals surface area contributed by atoms with Crippen LogP contribution in [-0.4, -0.2) is 32.3 Å². The molecule has 7 heteroatoms. The molecule has 1 rings (SSSR count). The highest BCUT2D eigenvalue weighted by atomic mass is 127. The number of aliphatic imine (C=N–C) groups is 1. The molecule has 2 N–H and O–H groups in total. The zero-order valence-electron chi connectivity index (χ0n) is 15.6. The maximum Gasteiger partial charge on any atom is 0.191 e. The minimum Gasteiger partial charge on any atom is -0.378 e. The highest BCUT2D eigenvalue weighted by Gasteiger charge is 2.15. The minimum absolute atomic E-state index is 0. The van der Waals surface area contributed by atoms with Crippen LogP contribution in [0.25, 0.3) is 0 Å². The summed E-state index contributed by atoms with van der Waals surface area (Å²) < 4.78 is 32.5. The molecule has 4 nitrogen and oxygen atoms in total. The molecular weight excluding hydrogens is 439 g/mol. The van der Waals surface area contributed by atoms with Gasteiger partial charge in [0.05, 0.1) is 12.1 Å². The predicted molar refractivity (Wildman–Crippen MR) is 110 cm³/mol. The molecule has 0 aliphatic rings. The highest BCUT2D eigenvalue weighted by Crippen LogP contribution is 2.17. The quantitative estimate of drug-likeness (QED) is 0.340. The van der Waals surface area contributed by atoms with E-state index in [1.165, 1.54) is 12.1 Å². The lowest BCUT2D eigenvalue weighted by Gasteiger charge is -2.23. The summed E-state index contributed by atoms with van der Waals surface area (Å²) in [5, 5.41) is 6.32. The molecule has 1 aromatic carbocycles. The van der Waals surface area contributed by atoms with Crippen LogP contribution in [0.3, 0.4) is 0 Å². The molecule has 0 aliphatic carbocycles. The Morgan fingerprint density at radius 1 is 1.24 bits per heavy atom. The molecule has 25 heavy (non-hydrogen) atoms. The molecular formula is C18H30F2IN3O. The number of rotatable bonds is 8. The fourth-order valence-corrected chi connectivity index (χ4v) is 2.49. The largest absolute Gasteiger partial charge is 0.378 e. The van der Waals surface area contributed by atoms with E-state index in [0.717, 1.165) is 12.5 Å². The second kappa shape index (κ2) is 12.4. The second-order valence-corrected chi connectivity index (χ2v) is 6.06. The predicted octanol–water partition coefficient (Wildman–Crippen LogP) is 4.26. The number of nitrogens with zero attached hydrogens (tertiary/aromatic N) is 1. The molecule has 0 heterocycles. The minimum atomic E-state index is -0.582. The third-order valence-electron chi connectivity index (χ3n) is 3.85. The van der Waals surface area contributed by atoms with Gasteiger partial charge in [-0.25, -0.2) is 8.78 Å². The van der Waals surface area contributed by atoms with Gasteiger partial charge in [-0.1, -0.05) is 19.9 Å². The van der Waals surface area contributed by atoms with Crippen LogP contribution in [0, 0.1) is 17.6 Å². The summed E-state index contributed by atoms with van der Waals surface area (Å²) in [4.78, 5) is 4.15. The van der Waals surface area contributed by atoms with Gasteiger partial charge in [0.1, 0.15) is 11.6 Å². The highest BCUT2D eigenvalue weighted by molar-refractivity contribution is 14.0. The van der Waals surface area contributed by atoms with Crippen LogP contribution < -0.4 is 10.6 Å². The van der Waals surface area contributed by atoms with E-state index in [0.29, 0.717) is 30.6 Å². The summed E-state index contributed by atoms with van der Waals surface area (Å²) in [5.41, 5.74) is 0.397. The van der Waals surface area contributed by atoms with Crippen molar-refractivity contribution < 1.29 is 13.5 Å².